The summed E-state index contributed by atoms with van der Waals surface area (Å²) in [6.07, 6.45) is 0.997. The van der Waals surface area contributed by atoms with Crippen molar-refractivity contribution < 1.29 is 14.3 Å². The zero-order chi connectivity index (χ0) is 13.7. The summed E-state index contributed by atoms with van der Waals surface area (Å²) >= 11 is 0. The molecule has 1 amide bonds. The predicted molar refractivity (Wildman–Crippen MR) is 73.5 cm³/mol. The molecule has 1 aromatic rings. The Morgan fingerprint density at radius 1 is 1.37 bits per heavy atom. The summed E-state index contributed by atoms with van der Waals surface area (Å²) in [7, 11) is 1.64. The first-order valence-electron chi connectivity index (χ1n) is 6.56. The van der Waals surface area contributed by atoms with Gasteiger partial charge in [0.2, 0.25) is 5.91 Å². The van der Waals surface area contributed by atoms with Crippen molar-refractivity contribution in [2.45, 2.75) is 19.4 Å². The minimum absolute atomic E-state index is 0.00232. The lowest BCUT2D eigenvalue weighted by atomic mass is 10.1. The van der Waals surface area contributed by atoms with E-state index in [4.69, 9.17) is 9.47 Å². The van der Waals surface area contributed by atoms with Crippen LogP contribution in [0.4, 0.5) is 5.69 Å². The molecule has 19 heavy (non-hydrogen) atoms. The Labute approximate surface area is 113 Å². The number of amides is 1. The van der Waals surface area contributed by atoms with E-state index in [0.717, 1.165) is 30.0 Å². The molecule has 1 unspecified atom stereocenters. The average Bonchev–Trinajstić information content (AvgIpc) is 2.71. The number of hydrogen-bond acceptors (Lipinski definition) is 4. The van der Waals surface area contributed by atoms with Crippen LogP contribution in [0.15, 0.2) is 18.2 Å². The van der Waals surface area contributed by atoms with Crippen LogP contribution in [-0.4, -0.2) is 32.8 Å². The maximum Gasteiger partial charge on any atom is 0.246 e. The third-order valence-corrected chi connectivity index (χ3v) is 3.01. The van der Waals surface area contributed by atoms with Crippen molar-refractivity contribution in [2.75, 3.05) is 32.2 Å². The molecular weight excluding hydrogens is 244 g/mol. The van der Waals surface area contributed by atoms with E-state index >= 15 is 0 Å². The number of rotatable bonds is 7. The monoisotopic (exact) mass is 264 g/mol. The second-order valence-corrected chi connectivity index (χ2v) is 4.47. The normalized spacial score (nSPS) is 17.2. The van der Waals surface area contributed by atoms with Crippen molar-refractivity contribution in [1.82, 2.24) is 5.32 Å². The topological polar surface area (TPSA) is 59.6 Å². The molecule has 1 aliphatic rings. The molecule has 1 aromatic carbocycles. The van der Waals surface area contributed by atoms with Gasteiger partial charge in [-0.3, -0.25) is 4.79 Å². The first-order chi connectivity index (χ1) is 9.26. The van der Waals surface area contributed by atoms with E-state index < -0.39 is 0 Å². The highest BCUT2D eigenvalue weighted by Crippen LogP contribution is 2.33. The summed E-state index contributed by atoms with van der Waals surface area (Å²) < 4.78 is 10.5. The largest absolute Gasteiger partial charge is 0.491 e. The van der Waals surface area contributed by atoms with Crippen molar-refractivity contribution in [3.05, 3.63) is 23.8 Å². The average molecular weight is 264 g/mol. The smallest absolute Gasteiger partial charge is 0.246 e. The lowest BCUT2D eigenvalue weighted by Crippen LogP contribution is -2.27. The third-order valence-electron chi connectivity index (χ3n) is 3.01. The zero-order valence-corrected chi connectivity index (χ0v) is 11.4. The Morgan fingerprint density at radius 2 is 2.21 bits per heavy atom. The van der Waals surface area contributed by atoms with E-state index in [1.807, 2.05) is 18.2 Å². The molecule has 1 heterocycles. The summed E-state index contributed by atoms with van der Waals surface area (Å²) in [5.41, 5.74) is 1.81. The van der Waals surface area contributed by atoms with E-state index in [9.17, 15) is 4.79 Å². The van der Waals surface area contributed by atoms with Gasteiger partial charge in [-0.1, -0.05) is 13.0 Å². The number of hydrogen-bond donors (Lipinski definition) is 2. The maximum atomic E-state index is 11.9. The SMILES string of the molecule is CCCNC1C(=O)Nc2cc(OCCOC)ccc21. The van der Waals surface area contributed by atoms with Crippen LogP contribution in [0.2, 0.25) is 0 Å². The van der Waals surface area contributed by atoms with Gasteiger partial charge in [-0.2, -0.15) is 0 Å². The van der Waals surface area contributed by atoms with Crippen LogP contribution in [0.1, 0.15) is 24.9 Å². The summed E-state index contributed by atoms with van der Waals surface area (Å²) in [5, 5.41) is 6.11. The lowest BCUT2D eigenvalue weighted by molar-refractivity contribution is -0.117. The second kappa shape index (κ2) is 6.54. The Bertz CT molecular complexity index is 448. The number of nitrogens with one attached hydrogen (secondary N) is 2. The number of carbonyl (C=O) groups excluding carboxylic acids is 1. The summed E-state index contributed by atoms with van der Waals surface area (Å²) in [6.45, 7) is 3.95. The first-order valence-corrected chi connectivity index (χ1v) is 6.56. The molecule has 0 spiro atoms. The van der Waals surface area contributed by atoms with Gasteiger partial charge in [-0.15, -0.1) is 0 Å². The van der Waals surface area contributed by atoms with Gasteiger partial charge < -0.3 is 20.1 Å². The van der Waals surface area contributed by atoms with Gasteiger partial charge in [0.15, 0.2) is 0 Å². The molecular formula is C14H20N2O3. The molecule has 0 saturated heterocycles. The quantitative estimate of drug-likeness (QED) is 0.736. The molecule has 0 bridgehead atoms. The van der Waals surface area contributed by atoms with Crippen molar-refractivity contribution in [1.29, 1.82) is 0 Å². The highest BCUT2D eigenvalue weighted by Gasteiger charge is 2.29. The number of benzene rings is 1. The van der Waals surface area contributed by atoms with Crippen molar-refractivity contribution >= 4 is 11.6 Å². The van der Waals surface area contributed by atoms with Gasteiger partial charge in [0.25, 0.3) is 0 Å². The van der Waals surface area contributed by atoms with Crippen LogP contribution in [-0.2, 0) is 9.53 Å². The minimum Gasteiger partial charge on any atom is -0.491 e. The number of fused-ring (bicyclic) bond motifs is 1. The highest BCUT2D eigenvalue weighted by atomic mass is 16.5. The van der Waals surface area contributed by atoms with Crippen LogP contribution in [0, 0.1) is 0 Å². The highest BCUT2D eigenvalue weighted by molar-refractivity contribution is 6.02. The standard InChI is InChI=1S/C14H20N2O3/c1-3-6-15-13-11-5-4-10(19-8-7-18-2)9-12(11)16-14(13)17/h4-5,9,13,15H,3,6-8H2,1-2H3,(H,16,17). The van der Waals surface area contributed by atoms with Crippen molar-refractivity contribution in [3.8, 4) is 5.75 Å². The van der Waals surface area contributed by atoms with Crippen LogP contribution >= 0.6 is 0 Å². The van der Waals surface area contributed by atoms with Gasteiger partial charge in [-0.05, 0) is 19.0 Å². The van der Waals surface area contributed by atoms with E-state index in [2.05, 4.69) is 17.6 Å². The zero-order valence-electron chi connectivity index (χ0n) is 11.4. The molecule has 0 aromatic heterocycles. The molecule has 5 heteroatoms. The third kappa shape index (κ3) is 3.24. The van der Waals surface area contributed by atoms with Crippen LogP contribution in [0.5, 0.6) is 5.75 Å². The van der Waals surface area contributed by atoms with Gasteiger partial charge in [-0.25, -0.2) is 0 Å². The molecule has 0 radical (unpaired) electrons. The fourth-order valence-electron chi connectivity index (χ4n) is 2.07. The Hall–Kier alpha value is -1.59. The number of anilines is 1. The molecule has 0 aliphatic carbocycles. The molecule has 5 nitrogen and oxygen atoms in total. The fourth-order valence-corrected chi connectivity index (χ4v) is 2.07. The van der Waals surface area contributed by atoms with Gasteiger partial charge >= 0.3 is 0 Å². The van der Waals surface area contributed by atoms with E-state index in [1.54, 1.807) is 7.11 Å². The molecule has 0 saturated carbocycles. The molecule has 0 fully saturated rings. The van der Waals surface area contributed by atoms with Crippen molar-refractivity contribution in [3.63, 3.8) is 0 Å². The molecule has 104 valence electrons. The minimum atomic E-state index is -0.247. The number of methoxy groups -OCH3 is 1. The molecule has 2 N–H and O–H groups in total. The maximum absolute atomic E-state index is 11.9. The van der Waals surface area contributed by atoms with Crippen LogP contribution in [0.3, 0.4) is 0 Å². The van der Waals surface area contributed by atoms with E-state index in [1.165, 1.54) is 0 Å². The van der Waals surface area contributed by atoms with Crippen molar-refractivity contribution in [2.24, 2.45) is 0 Å². The van der Waals surface area contributed by atoms with Gasteiger partial charge in [0.05, 0.1) is 6.61 Å². The molecule has 2 rings (SSSR count). The number of ether oxygens (including phenoxy) is 2. The summed E-state index contributed by atoms with van der Waals surface area (Å²) in [5.74, 6) is 0.740. The Kier molecular flexibility index (Phi) is 4.76. The van der Waals surface area contributed by atoms with Gasteiger partial charge in [0, 0.05) is 24.4 Å². The summed E-state index contributed by atoms with van der Waals surface area (Å²) in [4.78, 5) is 11.9. The number of carbonyl (C=O) groups is 1. The fraction of sp³-hybridized carbons (Fsp3) is 0.500. The molecule has 1 atom stereocenters. The van der Waals surface area contributed by atoms with Crippen LogP contribution < -0.4 is 15.4 Å². The Balaban J connectivity index is 2.06. The predicted octanol–water partition coefficient (Wildman–Crippen LogP) is 1.70. The van der Waals surface area contributed by atoms with Gasteiger partial charge in [0.1, 0.15) is 18.4 Å². The van der Waals surface area contributed by atoms with E-state index in [0.29, 0.717) is 13.2 Å². The van der Waals surface area contributed by atoms with Crippen LogP contribution in [0.25, 0.3) is 0 Å². The Morgan fingerprint density at radius 3 is 2.95 bits per heavy atom. The lowest BCUT2D eigenvalue weighted by Gasteiger charge is -2.11. The van der Waals surface area contributed by atoms with E-state index in [-0.39, 0.29) is 11.9 Å². The first kappa shape index (κ1) is 13.8. The second-order valence-electron chi connectivity index (χ2n) is 4.47. The summed E-state index contributed by atoms with van der Waals surface area (Å²) in [6, 6.07) is 5.43. The molecule has 1 aliphatic heterocycles.